The van der Waals surface area contributed by atoms with Crippen molar-refractivity contribution in [2.75, 3.05) is 37.4 Å². The molecule has 0 atom stereocenters. The summed E-state index contributed by atoms with van der Waals surface area (Å²) < 4.78 is 5.43. The Morgan fingerprint density at radius 3 is 2.59 bits per heavy atom. The van der Waals surface area contributed by atoms with Gasteiger partial charge in [-0.1, -0.05) is 36.7 Å². The first kappa shape index (κ1) is 22.0. The Hall–Kier alpha value is -1.69. The van der Waals surface area contributed by atoms with Gasteiger partial charge in [0.1, 0.15) is 5.75 Å². The number of halogens is 1. The lowest BCUT2D eigenvalue weighted by Crippen LogP contribution is -2.48. The van der Waals surface area contributed by atoms with Crippen molar-refractivity contribution in [1.82, 2.24) is 4.90 Å². The number of methoxy groups -OCH3 is 1. The summed E-state index contributed by atoms with van der Waals surface area (Å²) in [4.78, 5) is 18.2. The Morgan fingerprint density at radius 2 is 1.93 bits per heavy atom. The van der Waals surface area contributed by atoms with Crippen LogP contribution in [0, 0.1) is 0 Å². The van der Waals surface area contributed by atoms with Crippen LogP contribution in [0.5, 0.6) is 5.75 Å². The molecule has 3 rings (SSSR count). The van der Waals surface area contributed by atoms with E-state index in [-0.39, 0.29) is 11.9 Å². The van der Waals surface area contributed by atoms with Gasteiger partial charge in [-0.05, 0) is 43.2 Å². The second-order valence-corrected chi connectivity index (χ2v) is 8.74. The maximum Gasteiger partial charge on any atom is 0.226 e. The molecule has 0 N–H and O–H groups in total. The molecule has 0 aromatic heterocycles. The third-order valence-corrected chi connectivity index (χ3v) is 6.57. The van der Waals surface area contributed by atoms with Crippen molar-refractivity contribution in [3.8, 4) is 5.75 Å². The van der Waals surface area contributed by atoms with Crippen LogP contribution in [0.25, 0.3) is 0 Å². The van der Waals surface area contributed by atoms with E-state index in [1.165, 1.54) is 0 Å². The predicted molar refractivity (Wildman–Crippen MR) is 122 cm³/mol. The quantitative estimate of drug-likeness (QED) is 0.526. The van der Waals surface area contributed by atoms with Crippen molar-refractivity contribution >= 4 is 35.0 Å². The molecule has 156 valence electrons. The molecule has 0 aliphatic carbocycles. The number of benzene rings is 2. The van der Waals surface area contributed by atoms with Crippen LogP contribution in [0.4, 0.5) is 5.69 Å². The van der Waals surface area contributed by atoms with E-state index in [0.29, 0.717) is 6.42 Å². The van der Waals surface area contributed by atoms with Gasteiger partial charge in [0.2, 0.25) is 5.91 Å². The molecule has 2 aromatic rings. The fourth-order valence-corrected chi connectivity index (χ4v) is 5.08. The van der Waals surface area contributed by atoms with E-state index in [1.54, 1.807) is 18.9 Å². The summed E-state index contributed by atoms with van der Waals surface area (Å²) in [7, 11) is 1.69. The van der Waals surface area contributed by atoms with Gasteiger partial charge >= 0.3 is 0 Å². The molecular formula is C23H29ClN2O2S. The third-order valence-electron chi connectivity index (χ3n) is 5.32. The fourth-order valence-electron chi connectivity index (χ4n) is 3.77. The van der Waals surface area contributed by atoms with Crippen LogP contribution in [-0.2, 0) is 4.79 Å². The molecule has 4 nitrogen and oxygen atoms in total. The van der Waals surface area contributed by atoms with Crippen molar-refractivity contribution < 1.29 is 9.53 Å². The highest BCUT2D eigenvalue weighted by Gasteiger charge is 2.28. The molecule has 2 aromatic carbocycles. The highest BCUT2D eigenvalue weighted by atomic mass is 35.5. The van der Waals surface area contributed by atoms with Crippen LogP contribution in [0.1, 0.15) is 26.2 Å². The van der Waals surface area contributed by atoms with Gasteiger partial charge < -0.3 is 14.5 Å². The van der Waals surface area contributed by atoms with Gasteiger partial charge in [-0.15, -0.1) is 11.8 Å². The predicted octanol–water partition coefficient (Wildman–Crippen LogP) is 5.35. The number of nitrogens with zero attached hydrogens (tertiary/aromatic N) is 2. The van der Waals surface area contributed by atoms with Crippen LogP contribution in [0.15, 0.2) is 53.4 Å². The molecule has 1 heterocycles. The Bertz CT molecular complexity index is 795. The summed E-state index contributed by atoms with van der Waals surface area (Å²) in [5, 5.41) is 0.732. The first-order chi connectivity index (χ1) is 14.1. The number of likely N-dealkylation sites (tertiary alicyclic amines) is 1. The Kier molecular flexibility index (Phi) is 8.28. The fraction of sp³-hybridized carbons (Fsp3) is 0.435. The molecule has 1 aliphatic rings. The summed E-state index contributed by atoms with van der Waals surface area (Å²) in [6.07, 6.45) is 2.55. The standard InChI is InChI=1S/C23H29ClN2O2S/c1-3-23(27)26(19-7-5-4-6-8-19)20-11-13-25(14-12-20)15-16-29-22-17-18(24)9-10-21(22)28-2/h4-10,17,20H,3,11-16H2,1-2H3. The van der Waals surface area contributed by atoms with Crippen LogP contribution in [0.3, 0.4) is 0 Å². The first-order valence-corrected chi connectivity index (χ1v) is 11.5. The number of hydrogen-bond donors (Lipinski definition) is 0. The van der Waals surface area contributed by atoms with E-state index in [2.05, 4.69) is 4.90 Å². The third kappa shape index (κ3) is 5.91. The lowest BCUT2D eigenvalue weighted by atomic mass is 10.0. The average molecular weight is 433 g/mol. The summed E-state index contributed by atoms with van der Waals surface area (Å²) in [6, 6.07) is 16.1. The molecule has 1 amide bonds. The number of thioether (sulfide) groups is 1. The van der Waals surface area contributed by atoms with E-state index in [1.807, 2.05) is 60.4 Å². The minimum Gasteiger partial charge on any atom is -0.496 e. The monoisotopic (exact) mass is 432 g/mol. The van der Waals surface area contributed by atoms with E-state index >= 15 is 0 Å². The molecule has 1 saturated heterocycles. The molecule has 0 spiro atoms. The molecule has 29 heavy (non-hydrogen) atoms. The number of amides is 1. The van der Waals surface area contributed by atoms with Gasteiger partial charge in [0.15, 0.2) is 0 Å². The number of ether oxygens (including phenoxy) is 1. The van der Waals surface area contributed by atoms with E-state index in [0.717, 1.165) is 59.6 Å². The Labute approximate surface area is 183 Å². The van der Waals surface area contributed by atoms with Crippen LogP contribution < -0.4 is 9.64 Å². The van der Waals surface area contributed by atoms with Gasteiger partial charge in [0.05, 0.1) is 12.0 Å². The van der Waals surface area contributed by atoms with E-state index in [4.69, 9.17) is 16.3 Å². The lowest BCUT2D eigenvalue weighted by Gasteiger charge is -2.38. The maximum absolute atomic E-state index is 12.6. The van der Waals surface area contributed by atoms with Crippen molar-refractivity contribution in [3.05, 3.63) is 53.6 Å². The summed E-state index contributed by atoms with van der Waals surface area (Å²) in [6.45, 7) is 4.98. The number of hydrogen-bond acceptors (Lipinski definition) is 4. The average Bonchev–Trinajstić information content (AvgIpc) is 2.76. The van der Waals surface area contributed by atoms with Crippen molar-refractivity contribution in [2.24, 2.45) is 0 Å². The molecule has 1 fully saturated rings. The van der Waals surface area contributed by atoms with Crippen molar-refractivity contribution in [3.63, 3.8) is 0 Å². The Morgan fingerprint density at radius 1 is 1.21 bits per heavy atom. The van der Waals surface area contributed by atoms with Crippen LogP contribution in [-0.4, -0.2) is 49.3 Å². The van der Waals surface area contributed by atoms with Gasteiger partial charge in [-0.25, -0.2) is 0 Å². The SMILES string of the molecule is CCC(=O)N(c1ccccc1)C1CCN(CCSc2cc(Cl)ccc2OC)CC1. The minimum atomic E-state index is 0.207. The summed E-state index contributed by atoms with van der Waals surface area (Å²) in [5.41, 5.74) is 1.02. The molecule has 6 heteroatoms. The number of rotatable bonds is 8. The molecule has 0 saturated carbocycles. The summed E-state index contributed by atoms with van der Waals surface area (Å²) in [5.74, 6) is 2.06. The smallest absolute Gasteiger partial charge is 0.226 e. The lowest BCUT2D eigenvalue weighted by molar-refractivity contribution is -0.119. The largest absolute Gasteiger partial charge is 0.496 e. The zero-order valence-corrected chi connectivity index (χ0v) is 18.7. The topological polar surface area (TPSA) is 32.8 Å². The second kappa shape index (κ2) is 10.9. The normalized spacial score (nSPS) is 15.3. The number of para-hydroxylation sites is 1. The molecule has 0 bridgehead atoms. The highest BCUT2D eigenvalue weighted by molar-refractivity contribution is 7.99. The van der Waals surface area contributed by atoms with E-state index in [9.17, 15) is 4.79 Å². The van der Waals surface area contributed by atoms with Gasteiger partial charge in [0, 0.05) is 48.6 Å². The number of anilines is 1. The number of piperidine rings is 1. The highest BCUT2D eigenvalue weighted by Crippen LogP contribution is 2.32. The zero-order chi connectivity index (χ0) is 20.6. The number of carbonyl (C=O) groups is 1. The van der Waals surface area contributed by atoms with Crippen LogP contribution in [0.2, 0.25) is 5.02 Å². The van der Waals surface area contributed by atoms with E-state index < -0.39 is 0 Å². The summed E-state index contributed by atoms with van der Waals surface area (Å²) >= 11 is 7.90. The maximum atomic E-state index is 12.6. The molecular weight excluding hydrogens is 404 g/mol. The minimum absolute atomic E-state index is 0.207. The van der Waals surface area contributed by atoms with Gasteiger partial charge in [0.25, 0.3) is 0 Å². The van der Waals surface area contributed by atoms with Crippen molar-refractivity contribution in [2.45, 2.75) is 37.1 Å². The molecule has 0 unspecified atom stereocenters. The van der Waals surface area contributed by atoms with Crippen LogP contribution >= 0.6 is 23.4 Å². The molecule has 1 aliphatic heterocycles. The molecule has 0 radical (unpaired) electrons. The zero-order valence-electron chi connectivity index (χ0n) is 17.1. The van der Waals surface area contributed by atoms with Gasteiger partial charge in [-0.3, -0.25) is 4.79 Å². The second-order valence-electron chi connectivity index (χ2n) is 7.17. The Balaban J connectivity index is 1.52. The van der Waals surface area contributed by atoms with Gasteiger partial charge in [-0.2, -0.15) is 0 Å². The first-order valence-electron chi connectivity index (χ1n) is 10.2. The number of carbonyl (C=O) groups excluding carboxylic acids is 1. The van der Waals surface area contributed by atoms with Crippen molar-refractivity contribution in [1.29, 1.82) is 0 Å².